The van der Waals surface area contributed by atoms with Crippen LogP contribution in [-0.2, 0) is 0 Å². The second-order valence-electron chi connectivity index (χ2n) is 2.39. The predicted molar refractivity (Wildman–Crippen MR) is 47.0 cm³/mol. The van der Waals surface area contributed by atoms with Crippen molar-refractivity contribution in [3.63, 3.8) is 0 Å². The summed E-state index contributed by atoms with van der Waals surface area (Å²) >= 11 is 0. The Hall–Kier alpha value is -1.16. The quantitative estimate of drug-likeness (QED) is 0.700. The van der Waals surface area contributed by atoms with Crippen LogP contribution in [0.3, 0.4) is 0 Å². The van der Waals surface area contributed by atoms with Crippen molar-refractivity contribution in [1.82, 2.24) is 10.2 Å². The van der Waals surface area contributed by atoms with Crippen molar-refractivity contribution in [2.45, 2.75) is 6.92 Å². The Bertz CT molecular complexity index is 215. The average molecular weight is 167 g/mol. The van der Waals surface area contributed by atoms with Crippen molar-refractivity contribution in [2.24, 2.45) is 0 Å². The SMILES string of the molecule is CCN(CCO)c1cccnn1. The van der Waals surface area contributed by atoms with E-state index >= 15 is 0 Å². The first-order chi connectivity index (χ1) is 5.88. The predicted octanol–water partition coefficient (Wildman–Crippen LogP) is 0.295. The van der Waals surface area contributed by atoms with Crippen LogP contribution in [0.5, 0.6) is 0 Å². The number of hydrogen-bond donors (Lipinski definition) is 1. The molecular formula is C8H13N3O. The minimum atomic E-state index is 0.143. The third-order valence-corrected chi connectivity index (χ3v) is 1.63. The van der Waals surface area contributed by atoms with Gasteiger partial charge in [0.1, 0.15) is 0 Å². The molecule has 1 N–H and O–H groups in total. The van der Waals surface area contributed by atoms with Gasteiger partial charge in [-0.3, -0.25) is 0 Å². The maximum absolute atomic E-state index is 8.74. The fourth-order valence-electron chi connectivity index (χ4n) is 1.02. The molecule has 12 heavy (non-hydrogen) atoms. The van der Waals surface area contributed by atoms with Crippen LogP contribution in [0.25, 0.3) is 0 Å². The summed E-state index contributed by atoms with van der Waals surface area (Å²) in [6.07, 6.45) is 1.64. The van der Waals surface area contributed by atoms with Gasteiger partial charge in [0.05, 0.1) is 6.61 Å². The molecule has 0 saturated heterocycles. The first-order valence-electron chi connectivity index (χ1n) is 4.02. The lowest BCUT2D eigenvalue weighted by Gasteiger charge is -2.19. The Morgan fingerprint density at radius 2 is 2.42 bits per heavy atom. The Labute approximate surface area is 71.9 Å². The molecule has 0 radical (unpaired) electrons. The van der Waals surface area contributed by atoms with Crippen molar-refractivity contribution in [3.05, 3.63) is 18.3 Å². The van der Waals surface area contributed by atoms with Crippen LogP contribution in [0.2, 0.25) is 0 Å². The molecule has 1 aromatic heterocycles. The summed E-state index contributed by atoms with van der Waals surface area (Å²) in [6.45, 7) is 3.60. The zero-order chi connectivity index (χ0) is 8.81. The minimum absolute atomic E-state index is 0.143. The van der Waals surface area contributed by atoms with Crippen molar-refractivity contribution >= 4 is 5.82 Å². The van der Waals surface area contributed by atoms with Gasteiger partial charge in [0, 0.05) is 19.3 Å². The summed E-state index contributed by atoms with van der Waals surface area (Å²) in [5, 5.41) is 16.4. The van der Waals surface area contributed by atoms with E-state index in [4.69, 9.17) is 5.11 Å². The van der Waals surface area contributed by atoms with E-state index in [9.17, 15) is 0 Å². The zero-order valence-corrected chi connectivity index (χ0v) is 7.14. The van der Waals surface area contributed by atoms with Gasteiger partial charge in [-0.1, -0.05) is 0 Å². The Kier molecular flexibility index (Phi) is 3.47. The lowest BCUT2D eigenvalue weighted by molar-refractivity contribution is 0.302. The number of rotatable bonds is 4. The van der Waals surface area contributed by atoms with Crippen molar-refractivity contribution in [2.75, 3.05) is 24.6 Å². The van der Waals surface area contributed by atoms with E-state index in [1.165, 1.54) is 0 Å². The van der Waals surface area contributed by atoms with Crippen LogP contribution in [-0.4, -0.2) is 35.0 Å². The number of anilines is 1. The zero-order valence-electron chi connectivity index (χ0n) is 7.14. The van der Waals surface area contributed by atoms with Crippen LogP contribution >= 0.6 is 0 Å². The van der Waals surface area contributed by atoms with E-state index in [1.807, 2.05) is 24.0 Å². The molecular weight excluding hydrogens is 154 g/mol. The standard InChI is InChI=1S/C8H13N3O/c1-2-11(6-7-12)8-4-3-5-9-10-8/h3-5,12H,2,6-7H2,1H3. The maximum Gasteiger partial charge on any atom is 0.151 e. The van der Waals surface area contributed by atoms with Crippen LogP contribution < -0.4 is 4.90 Å². The van der Waals surface area contributed by atoms with E-state index < -0.39 is 0 Å². The van der Waals surface area contributed by atoms with Gasteiger partial charge in [-0.2, -0.15) is 5.10 Å². The Morgan fingerprint density at radius 3 is 2.92 bits per heavy atom. The van der Waals surface area contributed by atoms with E-state index in [0.29, 0.717) is 6.54 Å². The first kappa shape index (κ1) is 8.93. The third kappa shape index (κ3) is 2.17. The summed E-state index contributed by atoms with van der Waals surface area (Å²) < 4.78 is 0. The van der Waals surface area contributed by atoms with Gasteiger partial charge in [0.15, 0.2) is 5.82 Å². The first-order valence-corrected chi connectivity index (χ1v) is 4.02. The highest BCUT2D eigenvalue weighted by atomic mass is 16.3. The highest BCUT2D eigenvalue weighted by molar-refractivity contribution is 5.35. The molecule has 0 spiro atoms. The van der Waals surface area contributed by atoms with Crippen molar-refractivity contribution in [3.8, 4) is 0 Å². The van der Waals surface area contributed by atoms with E-state index in [-0.39, 0.29) is 6.61 Å². The van der Waals surface area contributed by atoms with Crippen molar-refractivity contribution in [1.29, 1.82) is 0 Å². The molecule has 0 amide bonds. The molecule has 0 fully saturated rings. The van der Waals surface area contributed by atoms with Crippen LogP contribution in [0.4, 0.5) is 5.82 Å². The van der Waals surface area contributed by atoms with Gasteiger partial charge in [-0.05, 0) is 19.1 Å². The lowest BCUT2D eigenvalue weighted by Crippen LogP contribution is -2.27. The van der Waals surface area contributed by atoms with Gasteiger partial charge < -0.3 is 10.0 Å². The summed E-state index contributed by atoms with van der Waals surface area (Å²) in [5.41, 5.74) is 0. The van der Waals surface area contributed by atoms with Gasteiger partial charge in [-0.15, -0.1) is 5.10 Å². The second-order valence-corrected chi connectivity index (χ2v) is 2.39. The van der Waals surface area contributed by atoms with Gasteiger partial charge in [0.25, 0.3) is 0 Å². The van der Waals surface area contributed by atoms with E-state index in [2.05, 4.69) is 10.2 Å². The molecule has 0 aliphatic heterocycles. The highest BCUT2D eigenvalue weighted by Crippen LogP contribution is 2.05. The normalized spacial score (nSPS) is 9.83. The number of aromatic nitrogens is 2. The van der Waals surface area contributed by atoms with Crippen LogP contribution in [0, 0.1) is 0 Å². The maximum atomic E-state index is 8.74. The molecule has 1 aromatic rings. The molecule has 4 heteroatoms. The molecule has 4 nitrogen and oxygen atoms in total. The molecule has 0 atom stereocenters. The minimum Gasteiger partial charge on any atom is -0.395 e. The van der Waals surface area contributed by atoms with Crippen LogP contribution in [0.15, 0.2) is 18.3 Å². The summed E-state index contributed by atoms with van der Waals surface area (Å²) in [4.78, 5) is 1.97. The molecule has 1 heterocycles. The largest absolute Gasteiger partial charge is 0.395 e. The van der Waals surface area contributed by atoms with E-state index in [1.54, 1.807) is 6.20 Å². The Morgan fingerprint density at radius 1 is 1.58 bits per heavy atom. The van der Waals surface area contributed by atoms with Gasteiger partial charge in [0.2, 0.25) is 0 Å². The molecule has 66 valence electrons. The molecule has 0 bridgehead atoms. The third-order valence-electron chi connectivity index (χ3n) is 1.63. The number of hydrogen-bond acceptors (Lipinski definition) is 4. The molecule has 0 unspecified atom stereocenters. The lowest BCUT2D eigenvalue weighted by atomic mass is 10.4. The topological polar surface area (TPSA) is 49.2 Å². The number of aliphatic hydroxyl groups is 1. The van der Waals surface area contributed by atoms with E-state index in [0.717, 1.165) is 12.4 Å². The number of nitrogens with zero attached hydrogens (tertiary/aromatic N) is 3. The van der Waals surface area contributed by atoms with Crippen LogP contribution in [0.1, 0.15) is 6.92 Å². The molecule has 0 aliphatic carbocycles. The Balaban J connectivity index is 2.66. The van der Waals surface area contributed by atoms with Gasteiger partial charge in [-0.25, -0.2) is 0 Å². The molecule has 1 rings (SSSR count). The summed E-state index contributed by atoms with van der Waals surface area (Å²) in [5.74, 6) is 0.814. The second kappa shape index (κ2) is 4.66. The molecule has 0 aromatic carbocycles. The fourth-order valence-corrected chi connectivity index (χ4v) is 1.02. The monoisotopic (exact) mass is 167 g/mol. The summed E-state index contributed by atoms with van der Waals surface area (Å²) in [6, 6.07) is 3.72. The molecule has 0 aliphatic rings. The number of aliphatic hydroxyl groups excluding tert-OH is 1. The van der Waals surface area contributed by atoms with Gasteiger partial charge >= 0.3 is 0 Å². The number of likely N-dealkylation sites (N-methyl/N-ethyl adjacent to an activating group) is 1. The smallest absolute Gasteiger partial charge is 0.151 e. The fraction of sp³-hybridized carbons (Fsp3) is 0.500. The summed E-state index contributed by atoms with van der Waals surface area (Å²) in [7, 11) is 0. The average Bonchev–Trinajstić information content (AvgIpc) is 2.15. The highest BCUT2D eigenvalue weighted by Gasteiger charge is 2.02. The molecule has 0 saturated carbocycles. The van der Waals surface area contributed by atoms with Crippen molar-refractivity contribution < 1.29 is 5.11 Å².